The first-order valence-electron chi connectivity index (χ1n) is 9.71. The Hall–Kier alpha value is -3.61. The highest BCUT2D eigenvalue weighted by Crippen LogP contribution is 2.16. The SMILES string of the molecule is CCOC(=O)Oc1ccc(C(=O)NCc2ccccc2NC(=O)/C=C(\C)CC)cc1. The van der Waals surface area contributed by atoms with Crippen molar-refractivity contribution in [3.63, 3.8) is 0 Å². The zero-order chi connectivity index (χ0) is 21.9. The quantitative estimate of drug-likeness (QED) is 0.381. The van der Waals surface area contributed by atoms with Crippen molar-refractivity contribution < 1.29 is 23.9 Å². The Bertz CT molecular complexity index is 919. The Balaban J connectivity index is 1.98. The average Bonchev–Trinajstić information content (AvgIpc) is 2.73. The van der Waals surface area contributed by atoms with E-state index in [2.05, 4.69) is 10.6 Å². The van der Waals surface area contributed by atoms with Gasteiger partial charge in [-0.1, -0.05) is 30.7 Å². The maximum atomic E-state index is 12.4. The maximum Gasteiger partial charge on any atom is 0.513 e. The highest BCUT2D eigenvalue weighted by molar-refractivity contribution is 6.00. The van der Waals surface area contributed by atoms with E-state index >= 15 is 0 Å². The van der Waals surface area contributed by atoms with E-state index in [0.29, 0.717) is 11.3 Å². The molecule has 0 aromatic heterocycles. The van der Waals surface area contributed by atoms with Crippen molar-refractivity contribution in [2.45, 2.75) is 33.7 Å². The Morgan fingerprint density at radius 2 is 1.70 bits per heavy atom. The summed E-state index contributed by atoms with van der Waals surface area (Å²) in [6.07, 6.45) is 1.57. The van der Waals surface area contributed by atoms with Gasteiger partial charge in [-0.25, -0.2) is 4.79 Å². The third-order valence-electron chi connectivity index (χ3n) is 4.23. The number of benzene rings is 2. The van der Waals surface area contributed by atoms with Crippen molar-refractivity contribution in [1.82, 2.24) is 5.32 Å². The number of ether oxygens (including phenoxy) is 2. The molecule has 0 heterocycles. The molecule has 0 bridgehead atoms. The van der Waals surface area contributed by atoms with Gasteiger partial charge in [-0.15, -0.1) is 0 Å². The van der Waals surface area contributed by atoms with Gasteiger partial charge in [0.25, 0.3) is 5.91 Å². The van der Waals surface area contributed by atoms with Crippen LogP contribution < -0.4 is 15.4 Å². The minimum Gasteiger partial charge on any atom is -0.434 e. The van der Waals surface area contributed by atoms with Gasteiger partial charge in [-0.2, -0.15) is 0 Å². The van der Waals surface area contributed by atoms with Gasteiger partial charge in [-0.05, 0) is 56.2 Å². The second-order valence-corrected chi connectivity index (χ2v) is 6.48. The molecule has 0 spiro atoms. The molecular formula is C23H26N2O5. The molecule has 0 fully saturated rings. The van der Waals surface area contributed by atoms with E-state index in [4.69, 9.17) is 9.47 Å². The molecule has 2 amide bonds. The third kappa shape index (κ3) is 7.09. The van der Waals surface area contributed by atoms with Crippen LogP contribution in [-0.2, 0) is 16.1 Å². The number of amides is 2. The van der Waals surface area contributed by atoms with E-state index in [1.807, 2.05) is 32.0 Å². The minimum absolute atomic E-state index is 0.203. The fourth-order valence-corrected chi connectivity index (χ4v) is 2.49. The molecule has 0 radical (unpaired) electrons. The topological polar surface area (TPSA) is 93.7 Å². The van der Waals surface area contributed by atoms with E-state index in [0.717, 1.165) is 17.6 Å². The van der Waals surface area contributed by atoms with Crippen LogP contribution in [0.25, 0.3) is 0 Å². The Kier molecular flexibility index (Phi) is 8.62. The standard InChI is InChI=1S/C23H26N2O5/c1-4-16(3)14-21(26)25-20-9-7-6-8-18(20)15-24-22(27)17-10-12-19(13-11-17)30-23(28)29-5-2/h6-14H,4-5,15H2,1-3H3,(H,24,27)(H,25,26)/b16-14+. The summed E-state index contributed by atoms with van der Waals surface area (Å²) >= 11 is 0. The number of para-hydroxylation sites is 1. The van der Waals surface area contributed by atoms with Gasteiger partial charge >= 0.3 is 6.16 Å². The number of anilines is 1. The van der Waals surface area contributed by atoms with Crippen LogP contribution in [-0.4, -0.2) is 24.6 Å². The van der Waals surface area contributed by atoms with E-state index in [1.54, 1.807) is 31.2 Å². The Labute approximate surface area is 176 Å². The molecule has 0 aliphatic heterocycles. The van der Waals surface area contributed by atoms with Crippen LogP contribution in [0.1, 0.15) is 43.1 Å². The first-order chi connectivity index (χ1) is 14.4. The Morgan fingerprint density at radius 3 is 2.37 bits per heavy atom. The molecule has 30 heavy (non-hydrogen) atoms. The molecule has 0 aliphatic carbocycles. The maximum absolute atomic E-state index is 12.4. The van der Waals surface area contributed by atoms with E-state index in [-0.39, 0.29) is 30.7 Å². The molecular weight excluding hydrogens is 384 g/mol. The molecule has 0 unspecified atom stereocenters. The number of rotatable bonds is 8. The largest absolute Gasteiger partial charge is 0.513 e. The second kappa shape index (κ2) is 11.4. The summed E-state index contributed by atoms with van der Waals surface area (Å²) in [6.45, 7) is 6.02. The molecule has 2 aromatic carbocycles. The van der Waals surface area contributed by atoms with Crippen molar-refractivity contribution in [2.24, 2.45) is 0 Å². The van der Waals surface area contributed by atoms with Crippen molar-refractivity contribution in [1.29, 1.82) is 0 Å². The van der Waals surface area contributed by atoms with Gasteiger partial charge in [0, 0.05) is 23.9 Å². The molecule has 0 atom stereocenters. The predicted molar refractivity (Wildman–Crippen MR) is 114 cm³/mol. The number of hydrogen-bond donors (Lipinski definition) is 2. The van der Waals surface area contributed by atoms with Gasteiger partial charge in [0.05, 0.1) is 6.61 Å². The number of carbonyl (C=O) groups excluding carboxylic acids is 3. The molecule has 158 valence electrons. The van der Waals surface area contributed by atoms with Crippen LogP contribution in [0.5, 0.6) is 5.75 Å². The highest BCUT2D eigenvalue weighted by Gasteiger charge is 2.10. The van der Waals surface area contributed by atoms with Crippen LogP contribution in [0, 0.1) is 0 Å². The number of allylic oxidation sites excluding steroid dienone is 1. The van der Waals surface area contributed by atoms with Crippen molar-refractivity contribution in [3.8, 4) is 5.75 Å². The van der Waals surface area contributed by atoms with Crippen LogP contribution >= 0.6 is 0 Å². The molecule has 7 heteroatoms. The van der Waals surface area contributed by atoms with Crippen LogP contribution in [0.4, 0.5) is 10.5 Å². The number of hydrogen-bond acceptors (Lipinski definition) is 5. The molecule has 2 rings (SSSR count). The lowest BCUT2D eigenvalue weighted by Crippen LogP contribution is -2.23. The van der Waals surface area contributed by atoms with Crippen LogP contribution in [0.3, 0.4) is 0 Å². The average molecular weight is 410 g/mol. The van der Waals surface area contributed by atoms with Gasteiger partial charge < -0.3 is 20.1 Å². The first-order valence-corrected chi connectivity index (χ1v) is 9.71. The smallest absolute Gasteiger partial charge is 0.434 e. The summed E-state index contributed by atoms with van der Waals surface area (Å²) in [7, 11) is 0. The molecule has 2 N–H and O–H groups in total. The van der Waals surface area contributed by atoms with E-state index < -0.39 is 6.16 Å². The summed E-state index contributed by atoms with van der Waals surface area (Å²) in [4.78, 5) is 35.9. The molecule has 2 aromatic rings. The molecule has 0 saturated heterocycles. The van der Waals surface area contributed by atoms with Crippen LogP contribution in [0.2, 0.25) is 0 Å². The zero-order valence-corrected chi connectivity index (χ0v) is 17.4. The fourth-order valence-electron chi connectivity index (χ4n) is 2.49. The van der Waals surface area contributed by atoms with Gasteiger partial charge in [0.2, 0.25) is 5.91 Å². The summed E-state index contributed by atoms with van der Waals surface area (Å²) in [5.41, 5.74) is 2.81. The monoisotopic (exact) mass is 410 g/mol. The highest BCUT2D eigenvalue weighted by atomic mass is 16.7. The number of nitrogens with one attached hydrogen (secondary N) is 2. The van der Waals surface area contributed by atoms with Crippen LogP contribution in [0.15, 0.2) is 60.2 Å². The van der Waals surface area contributed by atoms with Gasteiger partial charge in [0.1, 0.15) is 5.75 Å². The molecule has 7 nitrogen and oxygen atoms in total. The van der Waals surface area contributed by atoms with Gasteiger partial charge in [0.15, 0.2) is 0 Å². The molecule has 0 aliphatic rings. The molecule has 0 saturated carbocycles. The minimum atomic E-state index is -0.794. The fraction of sp³-hybridized carbons (Fsp3) is 0.261. The van der Waals surface area contributed by atoms with Crippen molar-refractivity contribution in [3.05, 3.63) is 71.3 Å². The lowest BCUT2D eigenvalue weighted by molar-refractivity contribution is -0.112. The van der Waals surface area contributed by atoms with E-state index in [1.165, 1.54) is 12.1 Å². The number of carbonyl (C=O) groups is 3. The summed E-state index contributed by atoms with van der Waals surface area (Å²) < 4.78 is 9.67. The lowest BCUT2D eigenvalue weighted by Gasteiger charge is -2.11. The summed E-state index contributed by atoms with van der Waals surface area (Å²) in [5.74, 6) is -0.209. The van der Waals surface area contributed by atoms with Crippen molar-refractivity contribution >= 4 is 23.7 Å². The zero-order valence-electron chi connectivity index (χ0n) is 17.4. The van der Waals surface area contributed by atoms with E-state index in [9.17, 15) is 14.4 Å². The van der Waals surface area contributed by atoms with Gasteiger partial charge in [-0.3, -0.25) is 9.59 Å². The third-order valence-corrected chi connectivity index (χ3v) is 4.23. The summed E-state index contributed by atoms with van der Waals surface area (Å²) in [5, 5.41) is 5.67. The Morgan fingerprint density at radius 1 is 1.00 bits per heavy atom. The predicted octanol–water partition coefficient (Wildman–Crippen LogP) is 4.45. The second-order valence-electron chi connectivity index (χ2n) is 6.48. The van der Waals surface area contributed by atoms with Crippen molar-refractivity contribution in [2.75, 3.05) is 11.9 Å². The normalized spacial score (nSPS) is 10.8. The lowest BCUT2D eigenvalue weighted by atomic mass is 10.1. The summed E-state index contributed by atoms with van der Waals surface area (Å²) in [6, 6.07) is 13.4. The first kappa shape index (κ1) is 22.7.